The molecule has 1 amide bonds. The molecule has 1 rings (SSSR count). The summed E-state index contributed by atoms with van der Waals surface area (Å²) in [7, 11) is -3.55. The molecule has 1 aliphatic heterocycles. The lowest BCUT2D eigenvalue weighted by Crippen LogP contribution is -2.69. The third kappa shape index (κ3) is 2.61. The van der Waals surface area contributed by atoms with Crippen LogP contribution in [0, 0.1) is 5.92 Å². The Labute approximate surface area is 113 Å². The third-order valence-electron chi connectivity index (χ3n) is 3.70. The van der Waals surface area contributed by atoms with Crippen molar-refractivity contribution >= 4 is 21.9 Å². The number of carbonyl (C=O) groups excluding carboxylic acids is 1. The number of nitrogens with zero attached hydrogens (tertiary/aromatic N) is 1. The topological polar surface area (TPSA) is 91.8 Å². The van der Waals surface area contributed by atoms with E-state index < -0.39 is 32.7 Å². The molecular weight excluding hydrogens is 270 g/mol. The molecule has 7 heteroatoms. The molecule has 0 aromatic rings. The van der Waals surface area contributed by atoms with Crippen LogP contribution in [0.1, 0.15) is 47.0 Å². The number of hydrogen-bond acceptors (Lipinski definition) is 4. The van der Waals surface area contributed by atoms with E-state index in [0.29, 0.717) is 19.3 Å². The second-order valence-electron chi connectivity index (χ2n) is 5.64. The fourth-order valence-corrected chi connectivity index (χ4v) is 3.79. The van der Waals surface area contributed by atoms with Gasteiger partial charge in [0.05, 0.1) is 5.92 Å². The Bertz CT molecular complexity index is 482. The molecule has 0 aromatic heterocycles. The SMILES string of the molecule is CC(CCCC(C)N1C(=O)C(C)(C)S1(=O)=O)C(=O)O. The smallest absolute Gasteiger partial charge is 0.306 e. The van der Waals surface area contributed by atoms with Crippen molar-refractivity contribution in [2.24, 2.45) is 5.92 Å². The van der Waals surface area contributed by atoms with Gasteiger partial charge in [-0.15, -0.1) is 0 Å². The number of rotatable bonds is 6. The Kier molecular flexibility index (Phi) is 4.29. The van der Waals surface area contributed by atoms with Crippen LogP contribution in [0.4, 0.5) is 0 Å². The minimum atomic E-state index is -3.55. The highest BCUT2D eigenvalue weighted by atomic mass is 32.2. The van der Waals surface area contributed by atoms with E-state index in [1.165, 1.54) is 13.8 Å². The van der Waals surface area contributed by atoms with Gasteiger partial charge in [-0.2, -0.15) is 0 Å². The summed E-state index contributed by atoms with van der Waals surface area (Å²) in [5, 5.41) is 8.75. The number of sulfonamides is 1. The Morgan fingerprint density at radius 3 is 2.26 bits per heavy atom. The van der Waals surface area contributed by atoms with Gasteiger partial charge in [-0.1, -0.05) is 13.3 Å². The first kappa shape index (κ1) is 15.9. The average Bonchev–Trinajstić information content (AvgIpc) is 2.28. The van der Waals surface area contributed by atoms with E-state index in [9.17, 15) is 18.0 Å². The quantitative estimate of drug-likeness (QED) is 0.794. The van der Waals surface area contributed by atoms with Crippen molar-refractivity contribution in [1.82, 2.24) is 4.31 Å². The van der Waals surface area contributed by atoms with E-state index in [4.69, 9.17) is 5.11 Å². The summed E-state index contributed by atoms with van der Waals surface area (Å²) in [6.07, 6.45) is 1.54. The molecule has 6 nitrogen and oxygen atoms in total. The number of hydrogen-bond donors (Lipinski definition) is 1. The predicted octanol–water partition coefficient (Wildman–Crippen LogP) is 1.22. The third-order valence-corrected chi connectivity index (χ3v) is 6.21. The summed E-state index contributed by atoms with van der Waals surface area (Å²) < 4.78 is 23.5. The highest BCUT2D eigenvalue weighted by Crippen LogP contribution is 2.37. The monoisotopic (exact) mass is 291 g/mol. The van der Waals surface area contributed by atoms with Crippen LogP contribution in [0.5, 0.6) is 0 Å². The highest BCUT2D eigenvalue weighted by Gasteiger charge is 2.61. The number of amides is 1. The van der Waals surface area contributed by atoms with Gasteiger partial charge < -0.3 is 5.11 Å². The Hall–Kier alpha value is -1.11. The van der Waals surface area contributed by atoms with E-state index in [-0.39, 0.29) is 5.91 Å². The molecule has 19 heavy (non-hydrogen) atoms. The number of aliphatic carboxylic acids is 1. The highest BCUT2D eigenvalue weighted by molar-refractivity contribution is 7.94. The number of carbonyl (C=O) groups is 2. The van der Waals surface area contributed by atoms with Gasteiger partial charge in [0.1, 0.15) is 0 Å². The zero-order valence-corrected chi connectivity index (χ0v) is 12.5. The van der Waals surface area contributed by atoms with E-state index in [0.717, 1.165) is 4.31 Å². The summed E-state index contributed by atoms with van der Waals surface area (Å²) >= 11 is 0. The first-order chi connectivity index (χ1) is 8.53. The van der Waals surface area contributed by atoms with E-state index in [1.54, 1.807) is 13.8 Å². The molecule has 2 atom stereocenters. The molecule has 1 saturated heterocycles. The van der Waals surface area contributed by atoms with E-state index in [2.05, 4.69) is 0 Å². The van der Waals surface area contributed by atoms with Gasteiger partial charge in [0.25, 0.3) is 15.9 Å². The van der Waals surface area contributed by atoms with Gasteiger partial charge in [-0.3, -0.25) is 9.59 Å². The second-order valence-corrected chi connectivity index (χ2v) is 8.00. The minimum Gasteiger partial charge on any atom is -0.481 e. The first-order valence-electron chi connectivity index (χ1n) is 6.34. The molecule has 1 aliphatic rings. The molecule has 2 unspecified atom stereocenters. The zero-order valence-electron chi connectivity index (χ0n) is 11.7. The maximum absolute atomic E-state index is 11.9. The lowest BCUT2D eigenvalue weighted by atomic mass is 10.0. The molecule has 1 N–H and O–H groups in total. The summed E-state index contributed by atoms with van der Waals surface area (Å²) in [5.74, 6) is -1.69. The standard InChI is InChI=1S/C12H21NO5S/c1-8(10(14)15)6-5-7-9(2)13-11(16)12(3,4)19(13,17)18/h8-9H,5-7H2,1-4H3,(H,14,15). The molecule has 0 aliphatic carbocycles. The molecule has 0 spiro atoms. The van der Waals surface area contributed by atoms with Crippen molar-refractivity contribution < 1.29 is 23.1 Å². The lowest BCUT2D eigenvalue weighted by Gasteiger charge is -2.46. The van der Waals surface area contributed by atoms with Crippen LogP contribution in [-0.2, 0) is 19.6 Å². The fraction of sp³-hybridized carbons (Fsp3) is 0.833. The van der Waals surface area contributed by atoms with Crippen molar-refractivity contribution in [2.75, 3.05) is 0 Å². The minimum absolute atomic E-state index is 0.383. The van der Waals surface area contributed by atoms with Crippen molar-refractivity contribution in [1.29, 1.82) is 0 Å². The van der Waals surface area contributed by atoms with Crippen LogP contribution in [0.3, 0.4) is 0 Å². The molecule has 1 fully saturated rings. The van der Waals surface area contributed by atoms with Gasteiger partial charge in [0, 0.05) is 6.04 Å². The Balaban J connectivity index is 2.55. The second kappa shape index (κ2) is 5.11. The normalized spacial score (nSPS) is 23.6. The number of carboxylic acid groups (broad SMARTS) is 1. The molecular formula is C12H21NO5S. The fourth-order valence-electron chi connectivity index (χ4n) is 2.09. The van der Waals surface area contributed by atoms with E-state index >= 15 is 0 Å². The Morgan fingerprint density at radius 1 is 1.32 bits per heavy atom. The molecule has 0 bridgehead atoms. The van der Waals surface area contributed by atoms with Crippen molar-refractivity contribution in [3.63, 3.8) is 0 Å². The molecule has 1 heterocycles. The van der Waals surface area contributed by atoms with Crippen molar-refractivity contribution in [3.05, 3.63) is 0 Å². The Morgan fingerprint density at radius 2 is 1.84 bits per heavy atom. The maximum Gasteiger partial charge on any atom is 0.306 e. The summed E-state index contributed by atoms with van der Waals surface area (Å²) in [6, 6.07) is -0.411. The van der Waals surface area contributed by atoms with Crippen LogP contribution in [-0.4, -0.2) is 40.5 Å². The van der Waals surface area contributed by atoms with Gasteiger partial charge in [-0.25, -0.2) is 12.7 Å². The molecule has 0 aromatic carbocycles. The van der Waals surface area contributed by atoms with Crippen LogP contribution in [0.25, 0.3) is 0 Å². The molecule has 0 radical (unpaired) electrons. The van der Waals surface area contributed by atoms with E-state index in [1.807, 2.05) is 0 Å². The van der Waals surface area contributed by atoms with Crippen LogP contribution < -0.4 is 0 Å². The lowest BCUT2D eigenvalue weighted by molar-refractivity contribution is -0.141. The average molecular weight is 291 g/mol. The van der Waals surface area contributed by atoms with Gasteiger partial charge in [0.15, 0.2) is 4.75 Å². The maximum atomic E-state index is 11.9. The van der Waals surface area contributed by atoms with Gasteiger partial charge in [-0.05, 0) is 33.6 Å². The number of carboxylic acids is 1. The van der Waals surface area contributed by atoms with Crippen molar-refractivity contribution in [2.45, 2.75) is 57.7 Å². The molecule has 0 saturated carbocycles. The predicted molar refractivity (Wildman–Crippen MR) is 70.0 cm³/mol. The summed E-state index contributed by atoms with van der Waals surface area (Å²) in [6.45, 7) is 6.10. The van der Waals surface area contributed by atoms with Crippen LogP contribution in [0.15, 0.2) is 0 Å². The summed E-state index contributed by atoms with van der Waals surface area (Å²) in [4.78, 5) is 22.5. The summed E-state index contributed by atoms with van der Waals surface area (Å²) in [5.41, 5.74) is 0. The molecule has 110 valence electrons. The van der Waals surface area contributed by atoms with Gasteiger partial charge >= 0.3 is 5.97 Å². The first-order valence-corrected chi connectivity index (χ1v) is 7.78. The van der Waals surface area contributed by atoms with Crippen LogP contribution in [0.2, 0.25) is 0 Å². The van der Waals surface area contributed by atoms with Gasteiger partial charge in [0.2, 0.25) is 0 Å². The van der Waals surface area contributed by atoms with Crippen LogP contribution >= 0.6 is 0 Å². The zero-order chi connectivity index (χ0) is 15.0. The van der Waals surface area contributed by atoms with Crippen molar-refractivity contribution in [3.8, 4) is 0 Å². The largest absolute Gasteiger partial charge is 0.481 e.